The number of hydrogen-bond donors (Lipinski definition) is 0. The first-order chi connectivity index (χ1) is 20.3. The van der Waals surface area contributed by atoms with E-state index in [1.807, 2.05) is 53.4 Å². The number of carbonyl (C=O) groups is 2. The molecule has 0 N–H and O–H groups in total. The van der Waals surface area contributed by atoms with Gasteiger partial charge in [0, 0.05) is 38.3 Å². The fourth-order valence-corrected chi connectivity index (χ4v) is 7.14. The molecule has 0 saturated carbocycles. The van der Waals surface area contributed by atoms with Crippen LogP contribution in [0.2, 0.25) is 10.0 Å². The average molecular weight is 611 g/mol. The van der Waals surface area contributed by atoms with Gasteiger partial charge in [-0.25, -0.2) is 4.39 Å². The minimum Gasteiger partial charge on any atom is -0.359 e. The molecule has 0 spiro atoms. The SMILES string of the molecule is O=C1COC(CCN2CCC(c3cccc(F)c3)(N3CCCC3=O)CC2)(c2ccc(Cl)c(Cl)c2)CN1c1ccccc1. The van der Waals surface area contributed by atoms with E-state index in [1.54, 1.807) is 23.1 Å². The number of para-hydroxylation sites is 1. The molecule has 3 aromatic carbocycles. The van der Waals surface area contributed by atoms with Crippen LogP contribution >= 0.6 is 23.2 Å². The fraction of sp³-hybridized carbons (Fsp3) is 0.394. The van der Waals surface area contributed by atoms with Gasteiger partial charge in [-0.05, 0) is 73.2 Å². The van der Waals surface area contributed by atoms with Crippen LogP contribution < -0.4 is 4.90 Å². The summed E-state index contributed by atoms with van der Waals surface area (Å²) < 4.78 is 20.8. The van der Waals surface area contributed by atoms with E-state index < -0.39 is 11.1 Å². The Morgan fingerprint density at radius 1 is 0.833 bits per heavy atom. The van der Waals surface area contributed by atoms with Gasteiger partial charge in [0.1, 0.15) is 18.0 Å². The van der Waals surface area contributed by atoms with Crippen LogP contribution in [0.4, 0.5) is 10.1 Å². The summed E-state index contributed by atoms with van der Waals surface area (Å²) in [5, 5.41) is 0.900. The van der Waals surface area contributed by atoms with Crippen LogP contribution in [0, 0.1) is 5.82 Å². The summed E-state index contributed by atoms with van der Waals surface area (Å²) in [5.41, 5.74) is 1.27. The van der Waals surface area contributed by atoms with Crippen molar-refractivity contribution in [1.82, 2.24) is 9.80 Å². The summed E-state index contributed by atoms with van der Waals surface area (Å²) in [5.74, 6) is -0.228. The van der Waals surface area contributed by atoms with Crippen molar-refractivity contribution in [1.29, 1.82) is 0 Å². The molecule has 3 aromatic rings. The quantitative estimate of drug-likeness (QED) is 0.311. The van der Waals surface area contributed by atoms with Crippen LogP contribution in [0.3, 0.4) is 0 Å². The van der Waals surface area contributed by atoms with Gasteiger partial charge < -0.3 is 19.4 Å². The van der Waals surface area contributed by atoms with Gasteiger partial charge in [0.15, 0.2) is 0 Å². The molecule has 6 rings (SSSR count). The van der Waals surface area contributed by atoms with E-state index >= 15 is 0 Å². The molecule has 1 unspecified atom stereocenters. The number of hydrogen-bond acceptors (Lipinski definition) is 4. The van der Waals surface area contributed by atoms with Gasteiger partial charge in [-0.1, -0.05) is 59.6 Å². The highest BCUT2D eigenvalue weighted by molar-refractivity contribution is 6.42. The van der Waals surface area contributed by atoms with Crippen molar-refractivity contribution < 1.29 is 18.7 Å². The second kappa shape index (κ2) is 12.0. The lowest BCUT2D eigenvalue weighted by atomic mass is 9.79. The number of anilines is 1. The minimum absolute atomic E-state index is 0.0467. The van der Waals surface area contributed by atoms with Crippen LogP contribution in [-0.2, 0) is 25.5 Å². The number of amides is 2. The molecule has 0 aromatic heterocycles. The molecule has 1 atom stereocenters. The number of likely N-dealkylation sites (tertiary alicyclic amines) is 2. The van der Waals surface area contributed by atoms with Crippen molar-refractivity contribution in [2.75, 3.05) is 44.2 Å². The standard InChI is InChI=1S/C33H34Cl2FN3O3/c34-28-12-11-25(21-29(28)35)33(23-38(31(41)22-42-33)27-8-2-1-3-9-27)15-19-37-17-13-32(14-18-37,39-16-5-10-30(39)40)24-6-4-7-26(36)20-24/h1-4,6-9,11-12,20-21H,5,10,13-19,22-23H2. The maximum absolute atomic E-state index is 14.3. The number of morpholine rings is 1. The van der Waals surface area contributed by atoms with E-state index in [2.05, 4.69) is 4.90 Å². The Kier molecular flexibility index (Phi) is 8.29. The maximum atomic E-state index is 14.3. The predicted octanol–water partition coefficient (Wildman–Crippen LogP) is 6.40. The van der Waals surface area contributed by atoms with Gasteiger partial charge in [0.05, 0.1) is 22.1 Å². The van der Waals surface area contributed by atoms with E-state index in [0.717, 1.165) is 49.2 Å². The van der Waals surface area contributed by atoms with Gasteiger partial charge in [0.25, 0.3) is 5.91 Å². The molecule has 3 aliphatic heterocycles. The number of benzene rings is 3. The van der Waals surface area contributed by atoms with Crippen LogP contribution in [0.15, 0.2) is 72.8 Å². The largest absolute Gasteiger partial charge is 0.359 e. The second-order valence-electron chi connectivity index (χ2n) is 11.5. The first kappa shape index (κ1) is 29.1. The van der Waals surface area contributed by atoms with Crippen LogP contribution in [0.1, 0.15) is 43.2 Å². The highest BCUT2D eigenvalue weighted by Crippen LogP contribution is 2.43. The Morgan fingerprint density at radius 3 is 2.31 bits per heavy atom. The first-order valence-corrected chi connectivity index (χ1v) is 15.3. The molecule has 220 valence electrons. The summed E-state index contributed by atoms with van der Waals surface area (Å²) >= 11 is 12.7. The van der Waals surface area contributed by atoms with Crippen molar-refractivity contribution in [2.24, 2.45) is 0 Å². The third kappa shape index (κ3) is 5.55. The van der Waals surface area contributed by atoms with Gasteiger partial charge in [-0.2, -0.15) is 0 Å². The van der Waals surface area contributed by atoms with Gasteiger partial charge in [-0.3, -0.25) is 9.59 Å². The zero-order chi connectivity index (χ0) is 29.3. The number of carbonyl (C=O) groups excluding carboxylic acids is 2. The van der Waals surface area contributed by atoms with Gasteiger partial charge in [0.2, 0.25) is 5.91 Å². The highest BCUT2D eigenvalue weighted by Gasteiger charge is 2.46. The van der Waals surface area contributed by atoms with Crippen LogP contribution in [0.5, 0.6) is 0 Å². The molecule has 2 amide bonds. The Morgan fingerprint density at radius 2 is 1.62 bits per heavy atom. The number of rotatable bonds is 7. The third-order valence-electron chi connectivity index (χ3n) is 9.17. The molecule has 0 radical (unpaired) electrons. The molecular formula is C33H34Cl2FN3O3. The van der Waals surface area contributed by atoms with E-state index in [-0.39, 0.29) is 24.2 Å². The van der Waals surface area contributed by atoms with Crippen molar-refractivity contribution in [3.63, 3.8) is 0 Å². The van der Waals surface area contributed by atoms with Crippen LogP contribution in [0.25, 0.3) is 0 Å². The molecule has 0 bridgehead atoms. The zero-order valence-corrected chi connectivity index (χ0v) is 24.9. The summed E-state index contributed by atoms with van der Waals surface area (Å²) in [7, 11) is 0. The Bertz CT molecular complexity index is 1460. The third-order valence-corrected chi connectivity index (χ3v) is 9.91. The molecular weight excluding hydrogens is 576 g/mol. The molecule has 0 aliphatic carbocycles. The van der Waals surface area contributed by atoms with Crippen molar-refractivity contribution >= 4 is 40.7 Å². The van der Waals surface area contributed by atoms with Gasteiger partial charge >= 0.3 is 0 Å². The smallest absolute Gasteiger partial charge is 0.253 e. The van der Waals surface area contributed by atoms with Crippen LogP contribution in [-0.4, -0.2) is 60.9 Å². The summed E-state index contributed by atoms with van der Waals surface area (Å²) in [6.07, 6.45) is 3.44. The summed E-state index contributed by atoms with van der Waals surface area (Å²) in [6, 6.07) is 21.9. The average Bonchev–Trinajstić information content (AvgIpc) is 3.45. The lowest BCUT2D eigenvalue weighted by molar-refractivity contribution is -0.142. The Balaban J connectivity index is 1.24. The fourth-order valence-electron chi connectivity index (χ4n) is 6.84. The monoisotopic (exact) mass is 609 g/mol. The van der Waals surface area contributed by atoms with E-state index in [1.165, 1.54) is 6.07 Å². The number of nitrogens with zero attached hydrogens (tertiary/aromatic N) is 3. The maximum Gasteiger partial charge on any atom is 0.253 e. The highest BCUT2D eigenvalue weighted by atomic mass is 35.5. The number of ether oxygens (including phenoxy) is 1. The molecule has 6 nitrogen and oxygen atoms in total. The van der Waals surface area contributed by atoms with E-state index in [4.69, 9.17) is 27.9 Å². The molecule has 3 heterocycles. The molecule has 3 aliphatic rings. The Labute approximate surface area is 255 Å². The van der Waals surface area contributed by atoms with E-state index in [9.17, 15) is 14.0 Å². The number of piperidine rings is 1. The lowest BCUT2D eigenvalue weighted by Gasteiger charge is -2.49. The molecule has 3 fully saturated rings. The molecule has 42 heavy (non-hydrogen) atoms. The van der Waals surface area contributed by atoms with E-state index in [0.29, 0.717) is 42.5 Å². The van der Waals surface area contributed by atoms with Crippen molar-refractivity contribution in [3.05, 3.63) is 99.8 Å². The normalized spacial score (nSPS) is 23.0. The molecule has 9 heteroatoms. The molecule has 3 saturated heterocycles. The summed E-state index contributed by atoms with van der Waals surface area (Å²) in [6.45, 7) is 3.21. The topological polar surface area (TPSA) is 53.1 Å². The van der Waals surface area contributed by atoms with Crippen molar-refractivity contribution in [3.8, 4) is 0 Å². The lowest BCUT2D eigenvalue weighted by Crippen LogP contribution is -2.56. The summed E-state index contributed by atoms with van der Waals surface area (Å²) in [4.78, 5) is 32.1. The number of halogens is 3. The zero-order valence-electron chi connectivity index (χ0n) is 23.4. The van der Waals surface area contributed by atoms with Crippen molar-refractivity contribution in [2.45, 2.75) is 43.2 Å². The Hall–Kier alpha value is -2.97. The minimum atomic E-state index is -0.792. The first-order valence-electron chi connectivity index (χ1n) is 14.5. The second-order valence-corrected chi connectivity index (χ2v) is 12.3. The predicted molar refractivity (Wildman–Crippen MR) is 162 cm³/mol. The van der Waals surface area contributed by atoms with Gasteiger partial charge in [-0.15, -0.1) is 0 Å².